The van der Waals surface area contributed by atoms with Crippen LogP contribution in [0, 0.1) is 17.1 Å². The van der Waals surface area contributed by atoms with Crippen molar-refractivity contribution >= 4 is 46.7 Å². The SMILES string of the molecule is O=c1[nH]c(=O)n([C@@H]2O[C@H](COP(=O)(O)OP(=O)(O)OP(=O)(O)O)[C@H](O)C2(Cl)C#CCl)cc1F. The molecule has 1 aromatic rings. The van der Waals surface area contributed by atoms with E-state index in [0.29, 0.717) is 10.8 Å². The number of hydrogen-bond donors (Lipinski definition) is 6. The van der Waals surface area contributed by atoms with E-state index >= 15 is 0 Å². The third kappa shape index (κ3) is 7.04. The van der Waals surface area contributed by atoms with Gasteiger partial charge in [0, 0.05) is 5.38 Å². The monoisotopic (exact) mass is 578 g/mol. The van der Waals surface area contributed by atoms with Crippen molar-refractivity contribution in [3.8, 4) is 11.3 Å². The van der Waals surface area contributed by atoms with Gasteiger partial charge in [-0.25, -0.2) is 18.5 Å². The van der Waals surface area contributed by atoms with Crippen molar-refractivity contribution in [2.75, 3.05) is 6.61 Å². The summed E-state index contributed by atoms with van der Waals surface area (Å²) in [5.74, 6) is 0.638. The number of H-pyrrole nitrogens is 1. The van der Waals surface area contributed by atoms with Crippen LogP contribution in [0.15, 0.2) is 15.8 Å². The zero-order valence-electron chi connectivity index (χ0n) is 15.3. The van der Waals surface area contributed by atoms with Crippen molar-refractivity contribution in [1.82, 2.24) is 9.55 Å². The van der Waals surface area contributed by atoms with E-state index in [1.54, 1.807) is 4.98 Å². The lowest BCUT2D eigenvalue weighted by molar-refractivity contribution is -0.0458. The van der Waals surface area contributed by atoms with Gasteiger partial charge in [-0.3, -0.25) is 18.9 Å². The summed E-state index contributed by atoms with van der Waals surface area (Å²) in [5, 5.41) is 12.3. The van der Waals surface area contributed by atoms with Gasteiger partial charge in [0.05, 0.1) is 12.8 Å². The number of aliphatic hydroxyl groups excluding tert-OH is 1. The number of halogens is 3. The molecule has 2 rings (SSSR count). The average Bonchev–Trinajstić information content (AvgIpc) is 2.85. The molecule has 0 saturated carbocycles. The molecule has 1 aromatic heterocycles. The third-order valence-corrected chi connectivity index (χ3v) is 8.08. The molecule has 0 bridgehead atoms. The first kappa shape index (κ1) is 28.3. The number of ether oxygens (including phenoxy) is 1. The van der Waals surface area contributed by atoms with Crippen LogP contribution >= 0.6 is 46.7 Å². The van der Waals surface area contributed by atoms with Gasteiger partial charge in [0.1, 0.15) is 12.2 Å². The molecule has 16 nitrogen and oxygen atoms in total. The van der Waals surface area contributed by atoms with Crippen LogP contribution in [0.5, 0.6) is 0 Å². The van der Waals surface area contributed by atoms with Gasteiger partial charge < -0.3 is 29.4 Å². The van der Waals surface area contributed by atoms with Crippen LogP contribution < -0.4 is 11.2 Å². The lowest BCUT2D eigenvalue weighted by atomic mass is 9.99. The van der Waals surface area contributed by atoms with E-state index in [1.165, 1.54) is 0 Å². The maximum Gasteiger partial charge on any atom is 0.490 e. The van der Waals surface area contributed by atoms with Crippen LogP contribution in [0.1, 0.15) is 6.23 Å². The van der Waals surface area contributed by atoms with E-state index in [0.717, 1.165) is 0 Å². The van der Waals surface area contributed by atoms with Gasteiger partial charge in [-0.15, -0.1) is 0 Å². The van der Waals surface area contributed by atoms with E-state index in [1.807, 2.05) is 5.38 Å². The van der Waals surface area contributed by atoms with Crippen molar-refractivity contribution in [2.45, 2.75) is 23.3 Å². The van der Waals surface area contributed by atoms with E-state index < -0.39 is 70.5 Å². The lowest BCUT2D eigenvalue weighted by Gasteiger charge is -2.25. The van der Waals surface area contributed by atoms with Crippen molar-refractivity contribution in [3.05, 3.63) is 32.9 Å². The molecule has 0 aliphatic carbocycles. The number of nitrogens with one attached hydrogen (secondary N) is 1. The fraction of sp³-hybridized carbons (Fsp3) is 0.455. The molecular formula is C11H12Cl2FN2O14P3. The molecular weight excluding hydrogens is 567 g/mol. The zero-order valence-corrected chi connectivity index (χ0v) is 19.5. The van der Waals surface area contributed by atoms with Crippen LogP contribution in [0.25, 0.3) is 0 Å². The Morgan fingerprint density at radius 2 is 1.82 bits per heavy atom. The summed E-state index contributed by atoms with van der Waals surface area (Å²) in [6, 6.07) is 0. The molecule has 2 heterocycles. The minimum Gasteiger partial charge on any atom is -0.387 e. The number of rotatable bonds is 8. The molecule has 33 heavy (non-hydrogen) atoms. The summed E-state index contributed by atoms with van der Waals surface area (Å²) in [5.41, 5.74) is -2.64. The van der Waals surface area contributed by atoms with Crippen molar-refractivity contribution in [3.63, 3.8) is 0 Å². The van der Waals surface area contributed by atoms with Crippen LogP contribution in [0.4, 0.5) is 4.39 Å². The molecule has 1 aliphatic rings. The predicted octanol–water partition coefficient (Wildman–Crippen LogP) is -0.545. The fourth-order valence-electron chi connectivity index (χ4n) is 2.47. The number of aromatic nitrogens is 2. The van der Waals surface area contributed by atoms with E-state index in [4.69, 9.17) is 42.6 Å². The molecule has 3 unspecified atom stereocenters. The lowest BCUT2D eigenvalue weighted by Crippen LogP contribution is -2.44. The quantitative estimate of drug-likeness (QED) is 0.129. The van der Waals surface area contributed by atoms with Crippen LogP contribution in [0.3, 0.4) is 0 Å². The molecule has 22 heteroatoms. The maximum atomic E-state index is 13.7. The summed E-state index contributed by atoms with van der Waals surface area (Å²) in [6.45, 7) is -1.18. The summed E-state index contributed by atoms with van der Waals surface area (Å²) in [7, 11) is -17.0. The fourth-order valence-corrected chi connectivity index (χ4v) is 6.05. The number of alkyl halides is 1. The Morgan fingerprint density at radius 3 is 2.36 bits per heavy atom. The van der Waals surface area contributed by atoms with Crippen molar-refractivity contribution in [2.24, 2.45) is 0 Å². The molecule has 1 aliphatic heterocycles. The summed E-state index contributed by atoms with van der Waals surface area (Å²) >= 11 is 11.5. The Labute approximate surface area is 191 Å². The highest BCUT2D eigenvalue weighted by Crippen LogP contribution is 2.66. The zero-order chi connectivity index (χ0) is 25.4. The highest BCUT2D eigenvalue weighted by Gasteiger charge is 2.57. The number of phosphoric ester groups is 1. The number of hydrogen-bond acceptors (Lipinski definition) is 10. The average molecular weight is 579 g/mol. The Hall–Kier alpha value is -0.920. The molecule has 0 aromatic carbocycles. The molecule has 0 radical (unpaired) electrons. The van der Waals surface area contributed by atoms with Gasteiger partial charge in [-0.2, -0.15) is 13.0 Å². The van der Waals surface area contributed by atoms with Crippen LogP contribution in [-0.2, 0) is 31.6 Å². The Morgan fingerprint density at radius 1 is 1.21 bits per heavy atom. The minimum absolute atomic E-state index is 0.371. The molecule has 1 saturated heterocycles. The normalized spacial score (nSPS) is 29.0. The minimum atomic E-state index is -5.82. The highest BCUT2D eigenvalue weighted by atomic mass is 35.5. The summed E-state index contributed by atoms with van der Waals surface area (Å²) in [6.07, 6.45) is -5.26. The van der Waals surface area contributed by atoms with Crippen molar-refractivity contribution in [1.29, 1.82) is 0 Å². The molecule has 6 atom stereocenters. The molecule has 1 fully saturated rings. The van der Waals surface area contributed by atoms with Crippen LogP contribution in [-0.4, -0.2) is 57.9 Å². The summed E-state index contributed by atoms with van der Waals surface area (Å²) in [4.78, 5) is 58.1. The first-order valence-electron chi connectivity index (χ1n) is 7.85. The van der Waals surface area contributed by atoms with Crippen molar-refractivity contribution < 1.29 is 60.6 Å². The second-order valence-corrected chi connectivity index (χ2v) is 11.2. The molecule has 6 N–H and O–H groups in total. The second kappa shape index (κ2) is 9.98. The first-order chi connectivity index (χ1) is 14.9. The maximum absolute atomic E-state index is 13.7. The smallest absolute Gasteiger partial charge is 0.387 e. The molecule has 0 spiro atoms. The number of nitrogens with zero attached hydrogens (tertiary/aromatic N) is 1. The van der Waals surface area contributed by atoms with E-state index in [9.17, 15) is 37.7 Å². The first-order valence-corrected chi connectivity index (χ1v) is 13.1. The molecule has 186 valence electrons. The van der Waals surface area contributed by atoms with Crippen LogP contribution in [0.2, 0.25) is 0 Å². The van der Waals surface area contributed by atoms with Gasteiger partial charge in [0.25, 0.3) is 5.56 Å². The van der Waals surface area contributed by atoms with E-state index in [-0.39, 0.29) is 0 Å². The number of aliphatic hydroxyl groups is 1. The second-order valence-electron chi connectivity index (χ2n) is 5.99. The third-order valence-electron chi connectivity index (χ3n) is 3.68. The van der Waals surface area contributed by atoms with E-state index in [2.05, 4.69) is 19.1 Å². The Balaban J connectivity index is 2.28. The van der Waals surface area contributed by atoms with Gasteiger partial charge in [-0.1, -0.05) is 17.5 Å². The molecule has 0 amide bonds. The number of phosphoric acid groups is 3. The Kier molecular flexibility index (Phi) is 8.56. The topological polar surface area (TPSA) is 244 Å². The Bertz CT molecular complexity index is 1240. The largest absolute Gasteiger partial charge is 0.490 e. The van der Waals surface area contributed by atoms with Gasteiger partial charge >= 0.3 is 29.2 Å². The predicted molar refractivity (Wildman–Crippen MR) is 103 cm³/mol. The summed E-state index contributed by atoms with van der Waals surface area (Å²) < 4.78 is 64.5. The van der Waals surface area contributed by atoms with Gasteiger partial charge in [0.15, 0.2) is 11.1 Å². The highest BCUT2D eigenvalue weighted by molar-refractivity contribution is 7.66. The van der Waals surface area contributed by atoms with Gasteiger partial charge in [-0.05, 0) is 11.6 Å². The van der Waals surface area contributed by atoms with Gasteiger partial charge in [0.2, 0.25) is 5.82 Å². The standard InChI is InChI=1S/C11H12Cl2FN2O14P3/c12-2-1-11(13)7(17)6(28-9(11)16-3-5(14)8(18)15-10(16)19)4-27-32(23,24)30-33(25,26)29-31(20,21)22/h3,6-7,9,17H,4H2,(H,23,24)(H,25,26)(H,15,18,19)(H2,20,21,22)/t6-,7+,9-,11?/m1/s1. The number of aromatic amines is 1.